The molecule has 5 aliphatic rings. The first-order chi connectivity index (χ1) is 18.5. The number of hydrogen-bond donors (Lipinski definition) is 3. The average Bonchev–Trinajstić information content (AvgIpc) is 3.51. The van der Waals surface area contributed by atoms with Crippen LogP contribution in [0.25, 0.3) is 0 Å². The minimum atomic E-state index is -1.71. The molecular formula is C30H41NO8. The molecule has 1 saturated heterocycles. The van der Waals surface area contributed by atoms with Gasteiger partial charge in [0.2, 0.25) is 11.7 Å². The molecule has 0 radical (unpaired) electrons. The van der Waals surface area contributed by atoms with E-state index in [-0.39, 0.29) is 61.2 Å². The number of hydrogen-bond acceptors (Lipinski definition) is 8. The maximum atomic E-state index is 13.4. The number of esters is 1. The van der Waals surface area contributed by atoms with Gasteiger partial charge < -0.3 is 25.0 Å². The second-order valence-corrected chi connectivity index (χ2v) is 12.6. The number of aliphatic hydroxyl groups is 2. The summed E-state index contributed by atoms with van der Waals surface area (Å²) in [6.07, 6.45) is 8.84. The average molecular weight is 544 g/mol. The van der Waals surface area contributed by atoms with Crippen molar-refractivity contribution in [3.05, 3.63) is 23.8 Å². The molecule has 214 valence electrons. The highest BCUT2D eigenvalue weighted by atomic mass is 16.5. The van der Waals surface area contributed by atoms with Crippen LogP contribution in [0.1, 0.15) is 71.6 Å². The van der Waals surface area contributed by atoms with Gasteiger partial charge in [0.05, 0.1) is 18.6 Å². The van der Waals surface area contributed by atoms with Crippen LogP contribution in [0.2, 0.25) is 0 Å². The summed E-state index contributed by atoms with van der Waals surface area (Å²) >= 11 is 0. The van der Waals surface area contributed by atoms with Gasteiger partial charge in [-0.2, -0.15) is 0 Å². The lowest BCUT2D eigenvalue weighted by Gasteiger charge is -2.59. The summed E-state index contributed by atoms with van der Waals surface area (Å²) in [6.45, 7) is 4.52. The highest BCUT2D eigenvalue weighted by Gasteiger charge is 2.68. The van der Waals surface area contributed by atoms with Gasteiger partial charge in [0, 0.05) is 36.3 Å². The van der Waals surface area contributed by atoms with Crippen LogP contribution in [0.3, 0.4) is 0 Å². The van der Waals surface area contributed by atoms with E-state index in [9.17, 15) is 29.4 Å². The molecule has 9 heteroatoms. The predicted octanol–water partition coefficient (Wildman–Crippen LogP) is 2.18. The molecule has 0 spiro atoms. The molecule has 4 unspecified atom stereocenters. The Hall–Kier alpha value is -2.36. The van der Waals surface area contributed by atoms with Crippen molar-refractivity contribution >= 4 is 23.4 Å². The van der Waals surface area contributed by atoms with Gasteiger partial charge in [-0.3, -0.25) is 19.2 Å². The Morgan fingerprint density at radius 3 is 2.72 bits per heavy atom. The number of aliphatic hydroxyl groups excluding tert-OH is 1. The van der Waals surface area contributed by atoms with Crippen molar-refractivity contribution in [3.63, 3.8) is 0 Å². The maximum Gasteiger partial charge on any atom is 0.306 e. The smallest absolute Gasteiger partial charge is 0.306 e. The molecular weight excluding hydrogens is 502 g/mol. The molecule has 3 saturated carbocycles. The zero-order valence-corrected chi connectivity index (χ0v) is 22.9. The predicted molar refractivity (Wildman–Crippen MR) is 140 cm³/mol. The Labute approximate surface area is 229 Å². The molecule has 0 aromatic rings. The Kier molecular flexibility index (Phi) is 7.63. The first-order valence-electron chi connectivity index (χ1n) is 14.4. The highest BCUT2D eigenvalue weighted by Crippen LogP contribution is 2.67. The molecule has 8 atom stereocenters. The summed E-state index contributed by atoms with van der Waals surface area (Å²) in [5, 5.41) is 26.0. The minimum absolute atomic E-state index is 0.0165. The first-order valence-corrected chi connectivity index (χ1v) is 14.4. The SMILES string of the molecule is C[C@]12C=CC(=O)C=C1CC[C@@H]1C2C(O)C[C@@]2(C)C1CC[C@]2(O)C(=O)COC(=O)CCC(=O)NCC1CCCO1. The van der Waals surface area contributed by atoms with E-state index in [1.165, 1.54) is 0 Å². The van der Waals surface area contributed by atoms with E-state index in [0.717, 1.165) is 31.3 Å². The lowest BCUT2D eigenvalue weighted by atomic mass is 9.46. The number of allylic oxidation sites excluding steroid dienone is 4. The maximum absolute atomic E-state index is 13.4. The van der Waals surface area contributed by atoms with Gasteiger partial charge in [-0.05, 0) is 68.9 Å². The Morgan fingerprint density at radius 2 is 1.97 bits per heavy atom. The zero-order valence-electron chi connectivity index (χ0n) is 22.9. The molecule has 1 aliphatic heterocycles. The second-order valence-electron chi connectivity index (χ2n) is 12.6. The molecule has 5 rings (SSSR count). The van der Waals surface area contributed by atoms with Crippen LogP contribution in [0, 0.1) is 28.6 Å². The van der Waals surface area contributed by atoms with E-state index in [1.54, 1.807) is 12.2 Å². The van der Waals surface area contributed by atoms with E-state index < -0.39 is 40.9 Å². The van der Waals surface area contributed by atoms with E-state index in [2.05, 4.69) is 12.2 Å². The van der Waals surface area contributed by atoms with Crippen LogP contribution in [0.5, 0.6) is 0 Å². The summed E-state index contributed by atoms with van der Waals surface area (Å²) in [5.41, 5.74) is -1.94. The molecule has 1 amide bonds. The molecule has 0 aromatic carbocycles. The van der Waals surface area contributed by atoms with E-state index in [4.69, 9.17) is 9.47 Å². The number of rotatable bonds is 8. The normalized spacial score (nSPS) is 40.8. The lowest BCUT2D eigenvalue weighted by molar-refractivity contribution is -0.181. The molecule has 4 fully saturated rings. The molecule has 9 nitrogen and oxygen atoms in total. The third-order valence-corrected chi connectivity index (χ3v) is 10.6. The van der Waals surface area contributed by atoms with Crippen LogP contribution >= 0.6 is 0 Å². The summed E-state index contributed by atoms with van der Waals surface area (Å²) in [7, 11) is 0. The number of amides is 1. The quantitative estimate of drug-likeness (QED) is 0.396. The van der Waals surface area contributed by atoms with Crippen molar-refractivity contribution in [2.75, 3.05) is 19.8 Å². The molecule has 39 heavy (non-hydrogen) atoms. The number of carbonyl (C=O) groups excluding carboxylic acids is 4. The number of Topliss-reactive ketones (excluding diaryl/α,β-unsaturated/α-hetero) is 1. The van der Waals surface area contributed by atoms with Crippen molar-refractivity contribution in [3.8, 4) is 0 Å². The lowest BCUT2D eigenvalue weighted by Crippen LogP contribution is -2.61. The number of ketones is 2. The van der Waals surface area contributed by atoms with Crippen LogP contribution in [-0.2, 0) is 28.7 Å². The van der Waals surface area contributed by atoms with Gasteiger partial charge in [0.1, 0.15) is 5.60 Å². The zero-order chi connectivity index (χ0) is 28.0. The summed E-state index contributed by atoms with van der Waals surface area (Å²) in [5.74, 6) is -1.50. The van der Waals surface area contributed by atoms with Crippen LogP contribution < -0.4 is 5.32 Å². The molecule has 1 heterocycles. The van der Waals surface area contributed by atoms with Crippen molar-refractivity contribution in [2.45, 2.75) is 89.4 Å². The number of carbonyl (C=O) groups is 4. The molecule has 4 aliphatic carbocycles. The largest absolute Gasteiger partial charge is 0.458 e. The van der Waals surface area contributed by atoms with Crippen molar-refractivity contribution < 1.29 is 38.9 Å². The van der Waals surface area contributed by atoms with Gasteiger partial charge in [-0.25, -0.2) is 0 Å². The fraction of sp³-hybridized carbons (Fsp3) is 0.733. The third-order valence-electron chi connectivity index (χ3n) is 10.6. The third kappa shape index (κ3) is 4.91. The van der Waals surface area contributed by atoms with Gasteiger partial charge in [-0.1, -0.05) is 25.5 Å². The van der Waals surface area contributed by atoms with Crippen molar-refractivity contribution in [2.24, 2.45) is 28.6 Å². The number of fused-ring (bicyclic) bond motifs is 5. The summed E-state index contributed by atoms with van der Waals surface area (Å²) in [6, 6.07) is 0. The van der Waals surface area contributed by atoms with Gasteiger partial charge in [0.25, 0.3) is 0 Å². The monoisotopic (exact) mass is 543 g/mol. The van der Waals surface area contributed by atoms with Gasteiger partial charge in [0.15, 0.2) is 12.4 Å². The first kappa shape index (κ1) is 28.2. The van der Waals surface area contributed by atoms with Crippen molar-refractivity contribution in [1.29, 1.82) is 0 Å². The number of ether oxygens (including phenoxy) is 2. The van der Waals surface area contributed by atoms with Crippen LogP contribution in [0.15, 0.2) is 23.8 Å². The van der Waals surface area contributed by atoms with E-state index in [0.29, 0.717) is 19.6 Å². The fourth-order valence-corrected chi connectivity index (χ4v) is 8.46. The highest BCUT2D eigenvalue weighted by molar-refractivity contribution is 6.01. The van der Waals surface area contributed by atoms with E-state index >= 15 is 0 Å². The van der Waals surface area contributed by atoms with Crippen LogP contribution in [-0.4, -0.2) is 71.2 Å². The minimum Gasteiger partial charge on any atom is -0.458 e. The molecule has 0 bridgehead atoms. The van der Waals surface area contributed by atoms with E-state index in [1.807, 2.05) is 13.0 Å². The van der Waals surface area contributed by atoms with Gasteiger partial charge in [-0.15, -0.1) is 0 Å². The fourth-order valence-electron chi connectivity index (χ4n) is 8.46. The molecule has 3 N–H and O–H groups in total. The van der Waals surface area contributed by atoms with Crippen molar-refractivity contribution in [1.82, 2.24) is 5.32 Å². The topological polar surface area (TPSA) is 139 Å². The van der Waals surface area contributed by atoms with Gasteiger partial charge >= 0.3 is 5.97 Å². The Balaban J connectivity index is 1.18. The second kappa shape index (κ2) is 10.6. The summed E-state index contributed by atoms with van der Waals surface area (Å²) in [4.78, 5) is 49.7. The molecule has 0 aromatic heterocycles. The Morgan fingerprint density at radius 1 is 1.18 bits per heavy atom. The number of nitrogens with one attached hydrogen (secondary N) is 1. The van der Waals surface area contributed by atoms with Crippen LogP contribution in [0.4, 0.5) is 0 Å². The standard InChI is InChI=1S/C30H41NO8/c1-28-11-9-19(32)14-18(28)5-6-21-22-10-12-30(37,29(22,2)15-23(33)27(21)28)24(34)17-39-26(36)8-7-25(35)31-16-20-4-3-13-38-20/h9,11,14,20-23,27,33,37H,3-8,10,12-13,15-17H2,1-2H3,(H,31,35)/t20?,21-,22?,23?,27?,28-,29-,30-/m0/s1. The Bertz CT molecular complexity index is 1090. The summed E-state index contributed by atoms with van der Waals surface area (Å²) < 4.78 is 10.7.